The molecule has 1 aromatic carbocycles. The number of benzene rings is 1. The fourth-order valence-corrected chi connectivity index (χ4v) is 1.89. The standard InChI is InChI=1S/C15H13NO5/c1-8(15(20)21)9-2-3-12(17)10(6-9)14(19)11-7-16-5-4-13(11)18/h2-8,17H,1H3,(H,16,18)(H,20,21). The molecule has 1 unspecified atom stereocenters. The minimum atomic E-state index is -1.04. The summed E-state index contributed by atoms with van der Waals surface area (Å²) in [6, 6.07) is 5.18. The van der Waals surface area contributed by atoms with Gasteiger partial charge in [0.15, 0.2) is 5.43 Å². The number of ketones is 1. The first-order chi connectivity index (χ1) is 9.91. The van der Waals surface area contributed by atoms with Crippen molar-refractivity contribution in [1.29, 1.82) is 0 Å². The van der Waals surface area contributed by atoms with Gasteiger partial charge in [-0.3, -0.25) is 14.4 Å². The second-order valence-electron chi connectivity index (χ2n) is 4.59. The Kier molecular flexibility index (Phi) is 3.89. The maximum Gasteiger partial charge on any atom is 0.310 e. The van der Waals surface area contributed by atoms with Gasteiger partial charge in [0.25, 0.3) is 0 Å². The molecule has 0 aliphatic carbocycles. The highest BCUT2D eigenvalue weighted by atomic mass is 16.4. The number of phenols is 1. The maximum absolute atomic E-state index is 12.3. The SMILES string of the molecule is CC(C(=O)O)c1ccc(O)c(C(=O)c2c[nH]ccc2=O)c1. The van der Waals surface area contributed by atoms with Crippen LogP contribution < -0.4 is 5.43 Å². The van der Waals surface area contributed by atoms with Crippen LogP contribution in [-0.4, -0.2) is 26.9 Å². The van der Waals surface area contributed by atoms with Crippen molar-refractivity contribution in [2.45, 2.75) is 12.8 Å². The van der Waals surface area contributed by atoms with Gasteiger partial charge in [-0.15, -0.1) is 0 Å². The Hall–Kier alpha value is -2.89. The zero-order chi connectivity index (χ0) is 15.6. The minimum Gasteiger partial charge on any atom is -0.507 e. The molecule has 1 heterocycles. The Morgan fingerprint density at radius 1 is 1.19 bits per heavy atom. The number of aliphatic carboxylic acids is 1. The summed E-state index contributed by atoms with van der Waals surface area (Å²) in [6.45, 7) is 1.47. The largest absolute Gasteiger partial charge is 0.507 e. The van der Waals surface area contributed by atoms with Crippen LogP contribution in [0.4, 0.5) is 0 Å². The van der Waals surface area contributed by atoms with Crippen LogP contribution in [0.5, 0.6) is 5.75 Å². The molecule has 0 amide bonds. The van der Waals surface area contributed by atoms with Gasteiger partial charge in [0.1, 0.15) is 5.75 Å². The highest BCUT2D eigenvalue weighted by Gasteiger charge is 2.20. The predicted molar refractivity (Wildman–Crippen MR) is 74.7 cm³/mol. The van der Waals surface area contributed by atoms with Crippen molar-refractivity contribution in [2.24, 2.45) is 0 Å². The highest BCUT2D eigenvalue weighted by Crippen LogP contribution is 2.25. The van der Waals surface area contributed by atoms with Crippen molar-refractivity contribution in [1.82, 2.24) is 4.98 Å². The average Bonchev–Trinajstić information content (AvgIpc) is 2.46. The number of carboxylic acid groups (broad SMARTS) is 1. The van der Waals surface area contributed by atoms with Crippen LogP contribution in [0.2, 0.25) is 0 Å². The maximum atomic E-state index is 12.3. The van der Waals surface area contributed by atoms with E-state index in [0.717, 1.165) is 0 Å². The first kappa shape index (κ1) is 14.5. The first-order valence-electron chi connectivity index (χ1n) is 6.19. The number of aromatic hydroxyl groups is 1. The first-order valence-corrected chi connectivity index (χ1v) is 6.19. The molecule has 6 nitrogen and oxygen atoms in total. The molecule has 2 rings (SSSR count). The van der Waals surface area contributed by atoms with Crippen LogP contribution >= 0.6 is 0 Å². The van der Waals surface area contributed by atoms with E-state index in [0.29, 0.717) is 5.56 Å². The summed E-state index contributed by atoms with van der Waals surface area (Å²) in [6.07, 6.45) is 2.64. The molecule has 1 aromatic heterocycles. The third-order valence-electron chi connectivity index (χ3n) is 3.20. The van der Waals surface area contributed by atoms with E-state index in [9.17, 15) is 19.5 Å². The van der Waals surface area contributed by atoms with E-state index in [1.54, 1.807) is 0 Å². The molecule has 0 fully saturated rings. The summed E-state index contributed by atoms with van der Waals surface area (Å²) in [7, 11) is 0. The molecule has 0 aliphatic heterocycles. The predicted octanol–water partition coefficient (Wildman–Crippen LogP) is 1.50. The van der Waals surface area contributed by atoms with Gasteiger partial charge in [-0.1, -0.05) is 6.07 Å². The summed E-state index contributed by atoms with van der Waals surface area (Å²) in [4.78, 5) is 37.6. The molecule has 108 valence electrons. The van der Waals surface area contributed by atoms with Crippen molar-refractivity contribution < 1.29 is 19.8 Å². The summed E-state index contributed by atoms with van der Waals surface area (Å²) < 4.78 is 0. The zero-order valence-electron chi connectivity index (χ0n) is 11.2. The van der Waals surface area contributed by atoms with E-state index in [1.807, 2.05) is 0 Å². The zero-order valence-corrected chi connectivity index (χ0v) is 11.2. The number of pyridine rings is 1. The minimum absolute atomic E-state index is 0.0997. The van der Waals surface area contributed by atoms with E-state index < -0.39 is 23.1 Å². The summed E-state index contributed by atoms with van der Waals surface area (Å²) >= 11 is 0. The van der Waals surface area contributed by atoms with Crippen LogP contribution in [-0.2, 0) is 4.79 Å². The summed E-state index contributed by atoms with van der Waals surface area (Å²) in [5, 5.41) is 18.8. The van der Waals surface area contributed by atoms with E-state index >= 15 is 0 Å². The van der Waals surface area contributed by atoms with Gasteiger partial charge in [0, 0.05) is 18.5 Å². The fourth-order valence-electron chi connectivity index (χ4n) is 1.89. The number of carbonyl (C=O) groups excluding carboxylic acids is 1. The Balaban J connectivity index is 2.51. The molecular weight excluding hydrogens is 274 g/mol. The molecule has 0 aliphatic rings. The Morgan fingerprint density at radius 2 is 1.90 bits per heavy atom. The lowest BCUT2D eigenvalue weighted by Gasteiger charge is -2.10. The lowest BCUT2D eigenvalue weighted by atomic mass is 9.95. The van der Waals surface area contributed by atoms with Crippen LogP contribution in [0.3, 0.4) is 0 Å². The lowest BCUT2D eigenvalue weighted by molar-refractivity contribution is -0.138. The Morgan fingerprint density at radius 3 is 2.52 bits per heavy atom. The summed E-state index contributed by atoms with van der Waals surface area (Å²) in [5.41, 5.74) is -0.323. The number of phenolic OH excluding ortho intramolecular Hbond substituents is 1. The molecular formula is C15H13NO5. The number of aromatic amines is 1. The van der Waals surface area contributed by atoms with Crippen LogP contribution in [0.15, 0.2) is 41.5 Å². The Bertz CT molecular complexity index is 763. The number of aromatic nitrogens is 1. The smallest absolute Gasteiger partial charge is 0.310 e. The second kappa shape index (κ2) is 5.62. The fraction of sp³-hybridized carbons (Fsp3) is 0.133. The molecule has 0 radical (unpaired) electrons. The second-order valence-corrected chi connectivity index (χ2v) is 4.59. The summed E-state index contributed by atoms with van der Waals surface area (Å²) in [5.74, 6) is -2.83. The number of rotatable bonds is 4. The Labute approximate surface area is 119 Å². The monoisotopic (exact) mass is 287 g/mol. The molecule has 3 N–H and O–H groups in total. The van der Waals surface area contributed by atoms with E-state index in [-0.39, 0.29) is 16.9 Å². The van der Waals surface area contributed by atoms with Crippen molar-refractivity contribution >= 4 is 11.8 Å². The van der Waals surface area contributed by atoms with E-state index in [4.69, 9.17) is 5.11 Å². The molecule has 0 saturated heterocycles. The van der Waals surface area contributed by atoms with Crippen LogP contribution in [0.1, 0.15) is 34.3 Å². The van der Waals surface area contributed by atoms with Gasteiger partial charge >= 0.3 is 5.97 Å². The quantitative estimate of drug-likeness (QED) is 0.739. The molecule has 0 saturated carbocycles. The molecule has 21 heavy (non-hydrogen) atoms. The topological polar surface area (TPSA) is 107 Å². The van der Waals surface area contributed by atoms with E-state index in [2.05, 4.69) is 4.98 Å². The van der Waals surface area contributed by atoms with Gasteiger partial charge in [-0.05, 0) is 24.6 Å². The third-order valence-corrected chi connectivity index (χ3v) is 3.20. The molecule has 1 atom stereocenters. The van der Waals surface area contributed by atoms with Crippen molar-refractivity contribution in [3.05, 3.63) is 63.6 Å². The van der Waals surface area contributed by atoms with Gasteiger partial charge in [0.2, 0.25) is 5.78 Å². The van der Waals surface area contributed by atoms with Crippen LogP contribution in [0.25, 0.3) is 0 Å². The average molecular weight is 287 g/mol. The van der Waals surface area contributed by atoms with Gasteiger partial charge in [-0.2, -0.15) is 0 Å². The number of carboxylic acids is 1. The molecule has 0 bridgehead atoms. The molecule has 2 aromatic rings. The van der Waals surface area contributed by atoms with Gasteiger partial charge < -0.3 is 15.2 Å². The van der Waals surface area contributed by atoms with Crippen LogP contribution in [0, 0.1) is 0 Å². The van der Waals surface area contributed by atoms with Crippen molar-refractivity contribution in [2.75, 3.05) is 0 Å². The van der Waals surface area contributed by atoms with Gasteiger partial charge in [-0.25, -0.2) is 0 Å². The molecule has 0 spiro atoms. The lowest BCUT2D eigenvalue weighted by Crippen LogP contribution is -2.16. The number of hydrogen-bond acceptors (Lipinski definition) is 4. The molecule has 6 heteroatoms. The highest BCUT2D eigenvalue weighted by molar-refractivity contribution is 6.10. The number of nitrogens with one attached hydrogen (secondary N) is 1. The van der Waals surface area contributed by atoms with E-state index in [1.165, 1.54) is 43.6 Å². The van der Waals surface area contributed by atoms with Gasteiger partial charge in [0.05, 0.1) is 17.0 Å². The number of H-pyrrole nitrogens is 1. The normalized spacial score (nSPS) is 11.9. The third kappa shape index (κ3) is 2.84. The number of hydrogen-bond donors (Lipinski definition) is 3. The van der Waals surface area contributed by atoms with Crippen molar-refractivity contribution in [3.63, 3.8) is 0 Å². The number of carbonyl (C=O) groups is 2. The van der Waals surface area contributed by atoms with Crippen molar-refractivity contribution in [3.8, 4) is 5.75 Å².